The molecule has 0 heterocycles. The van der Waals surface area contributed by atoms with Gasteiger partial charge >= 0.3 is 5.97 Å². The van der Waals surface area contributed by atoms with Crippen molar-refractivity contribution >= 4 is 13.8 Å². The first kappa shape index (κ1) is 48.2. The van der Waals surface area contributed by atoms with Crippen molar-refractivity contribution in [1.29, 1.82) is 0 Å². The molecule has 2 atom stereocenters. The summed E-state index contributed by atoms with van der Waals surface area (Å²) in [5.74, 6) is -0.425. The summed E-state index contributed by atoms with van der Waals surface area (Å²) >= 11 is 0. The Morgan fingerprint density at radius 3 is 1.45 bits per heavy atom. The van der Waals surface area contributed by atoms with Gasteiger partial charge in [0.15, 0.2) is 0 Å². The van der Waals surface area contributed by atoms with Gasteiger partial charge in [-0.3, -0.25) is 9.36 Å². The molecular weight excluding hydrogens is 661 g/mol. The van der Waals surface area contributed by atoms with Crippen LogP contribution in [0.15, 0.2) is 109 Å². The Morgan fingerprint density at radius 1 is 0.627 bits per heavy atom. The number of ether oxygens (including phenoxy) is 1. The Kier molecular flexibility index (Phi) is 32.3. The van der Waals surface area contributed by atoms with Crippen molar-refractivity contribution in [3.8, 4) is 0 Å². The molecule has 0 aromatic carbocycles. The average Bonchev–Trinajstić information content (AvgIpc) is 3.08. The minimum Gasteiger partial charge on any atom is -0.756 e. The molecular formula is C42H68NO7P. The van der Waals surface area contributed by atoms with E-state index in [1.807, 2.05) is 21.1 Å². The van der Waals surface area contributed by atoms with Gasteiger partial charge in [0, 0.05) is 6.42 Å². The zero-order valence-corrected chi connectivity index (χ0v) is 32.9. The number of likely N-dealkylation sites (N-methyl/N-ethyl adjacent to an activating group) is 1. The van der Waals surface area contributed by atoms with Gasteiger partial charge in [0.25, 0.3) is 7.82 Å². The van der Waals surface area contributed by atoms with E-state index in [9.17, 15) is 19.4 Å². The maximum atomic E-state index is 11.9. The molecule has 0 aliphatic carbocycles. The molecule has 0 aliphatic rings. The number of aliphatic hydroxyl groups is 1. The Hall–Kier alpha value is -2.84. The highest BCUT2D eigenvalue weighted by Gasteiger charge is 2.16. The molecule has 0 saturated heterocycles. The summed E-state index contributed by atoms with van der Waals surface area (Å²) in [5, 5.41) is 9.86. The fourth-order valence-electron chi connectivity index (χ4n) is 4.11. The molecule has 0 amide bonds. The van der Waals surface area contributed by atoms with Gasteiger partial charge < -0.3 is 28.3 Å². The molecule has 0 fully saturated rings. The molecule has 0 spiro atoms. The van der Waals surface area contributed by atoms with Gasteiger partial charge in [0.2, 0.25) is 0 Å². The lowest BCUT2D eigenvalue weighted by Gasteiger charge is -2.27. The third-order valence-corrected chi connectivity index (χ3v) is 8.00. The lowest BCUT2D eigenvalue weighted by molar-refractivity contribution is -0.870. The highest BCUT2D eigenvalue weighted by atomic mass is 31.2. The van der Waals surface area contributed by atoms with Crippen LogP contribution in [0.5, 0.6) is 0 Å². The number of phosphoric ester groups is 1. The molecule has 1 N–H and O–H groups in total. The fourth-order valence-corrected chi connectivity index (χ4v) is 4.85. The van der Waals surface area contributed by atoms with E-state index in [1.54, 1.807) is 0 Å². The second kappa shape index (κ2) is 34.3. The number of allylic oxidation sites excluding steroid dienone is 18. The number of nitrogens with zero attached hydrogens (tertiary/aromatic N) is 1. The Balaban J connectivity index is 3.70. The predicted octanol–water partition coefficient (Wildman–Crippen LogP) is 9.59. The Bertz CT molecular complexity index is 1170. The summed E-state index contributed by atoms with van der Waals surface area (Å²) < 4.78 is 26.8. The van der Waals surface area contributed by atoms with Crippen LogP contribution in [0, 0.1) is 0 Å². The number of carbonyl (C=O) groups is 1. The molecule has 2 unspecified atom stereocenters. The van der Waals surface area contributed by atoms with E-state index in [0.29, 0.717) is 17.4 Å². The van der Waals surface area contributed by atoms with E-state index in [4.69, 9.17) is 9.26 Å². The minimum absolute atomic E-state index is 0.0205. The van der Waals surface area contributed by atoms with Crippen molar-refractivity contribution in [1.82, 2.24) is 0 Å². The lowest BCUT2D eigenvalue weighted by Crippen LogP contribution is -2.37. The third kappa shape index (κ3) is 39.8. The lowest BCUT2D eigenvalue weighted by atomic mass is 10.1. The number of rotatable bonds is 32. The summed E-state index contributed by atoms with van der Waals surface area (Å²) in [4.78, 5) is 23.6. The van der Waals surface area contributed by atoms with Crippen LogP contribution in [0.3, 0.4) is 0 Å². The minimum atomic E-state index is -4.52. The maximum Gasteiger partial charge on any atom is 0.305 e. The van der Waals surface area contributed by atoms with Gasteiger partial charge in [0.05, 0.1) is 27.7 Å². The predicted molar refractivity (Wildman–Crippen MR) is 212 cm³/mol. The van der Waals surface area contributed by atoms with Gasteiger partial charge in [-0.05, 0) is 77.0 Å². The first-order chi connectivity index (χ1) is 24.6. The number of unbranched alkanes of at least 4 members (excludes halogenated alkanes) is 3. The number of hydrogen-bond acceptors (Lipinski definition) is 7. The SMILES string of the molecule is CC/C=C\C/C=C\C/C=C\C/C=C\C/C=C\C/C=C\C/C=C\C/C=C\C/C=C\CCCCCC(=O)OCC(O)COP(=O)([O-])OCC[N+](C)(C)C. The van der Waals surface area contributed by atoms with Crippen LogP contribution >= 0.6 is 7.82 Å². The number of hydrogen-bond donors (Lipinski definition) is 1. The van der Waals surface area contributed by atoms with Crippen LogP contribution in [0.4, 0.5) is 0 Å². The monoisotopic (exact) mass is 729 g/mol. The first-order valence-electron chi connectivity index (χ1n) is 18.6. The van der Waals surface area contributed by atoms with E-state index in [-0.39, 0.29) is 19.6 Å². The molecule has 0 radical (unpaired) electrons. The number of phosphoric acid groups is 1. The number of aliphatic hydroxyl groups excluding tert-OH is 1. The second-order valence-corrected chi connectivity index (χ2v) is 14.5. The van der Waals surface area contributed by atoms with Crippen LogP contribution in [-0.4, -0.2) is 69.2 Å². The summed E-state index contributed by atoms with van der Waals surface area (Å²) in [6, 6.07) is 0. The molecule has 0 aromatic heterocycles. The van der Waals surface area contributed by atoms with Gasteiger partial charge in [-0.2, -0.15) is 0 Å². The highest BCUT2D eigenvalue weighted by molar-refractivity contribution is 7.45. The second-order valence-electron chi connectivity index (χ2n) is 13.1. The van der Waals surface area contributed by atoms with Crippen LogP contribution in [-0.2, 0) is 23.1 Å². The zero-order valence-electron chi connectivity index (χ0n) is 32.0. The zero-order chi connectivity index (χ0) is 37.7. The van der Waals surface area contributed by atoms with E-state index in [0.717, 1.165) is 77.0 Å². The number of carbonyl (C=O) groups excluding carboxylic acids is 1. The van der Waals surface area contributed by atoms with Crippen molar-refractivity contribution in [3.63, 3.8) is 0 Å². The molecule has 51 heavy (non-hydrogen) atoms. The van der Waals surface area contributed by atoms with Crippen LogP contribution in [0.2, 0.25) is 0 Å². The van der Waals surface area contributed by atoms with E-state index >= 15 is 0 Å². The van der Waals surface area contributed by atoms with E-state index in [1.165, 1.54) is 0 Å². The normalized spacial score (nSPS) is 15.2. The molecule has 9 heteroatoms. The fraction of sp³-hybridized carbons (Fsp3) is 0.548. The molecule has 0 aliphatic heterocycles. The van der Waals surface area contributed by atoms with Gasteiger partial charge in [-0.1, -0.05) is 123 Å². The summed E-state index contributed by atoms with van der Waals surface area (Å²) in [5.41, 5.74) is 0. The summed E-state index contributed by atoms with van der Waals surface area (Å²) in [6.07, 6.45) is 51.0. The Labute approximate surface area is 310 Å². The largest absolute Gasteiger partial charge is 0.756 e. The van der Waals surface area contributed by atoms with Crippen molar-refractivity contribution in [2.75, 3.05) is 47.5 Å². The molecule has 0 saturated carbocycles. The van der Waals surface area contributed by atoms with Gasteiger partial charge in [0.1, 0.15) is 25.9 Å². The van der Waals surface area contributed by atoms with Crippen molar-refractivity contribution in [3.05, 3.63) is 109 Å². The Morgan fingerprint density at radius 2 is 1.04 bits per heavy atom. The van der Waals surface area contributed by atoms with Gasteiger partial charge in [-0.25, -0.2) is 0 Å². The standard InChI is InChI=1S/C42H68NO7P/c1-5-6-7-8-9-10-11-12-13-14-15-16-17-18-19-20-21-22-23-24-25-26-27-28-29-30-31-32-33-34-35-36-42(45)48-39-41(44)40-50-51(46,47)49-38-37-43(2,3)4/h6-7,9-10,12-13,15-16,18-19,21-22,24-25,27-28,30-31,41,44H,5,8,11,14,17,20,23,26,29,32-40H2,1-4H3/b7-6-,10-9-,13-12-,16-15-,19-18-,22-21-,25-24-,28-27-,31-30-. The van der Waals surface area contributed by atoms with E-state index in [2.05, 4.69) is 121 Å². The highest BCUT2D eigenvalue weighted by Crippen LogP contribution is 2.38. The van der Waals surface area contributed by atoms with Gasteiger partial charge in [-0.15, -0.1) is 0 Å². The molecule has 8 nitrogen and oxygen atoms in total. The van der Waals surface area contributed by atoms with Crippen LogP contribution in [0.1, 0.15) is 96.8 Å². The number of esters is 1. The molecule has 0 rings (SSSR count). The molecule has 0 aromatic rings. The summed E-state index contributed by atoms with van der Waals surface area (Å²) in [7, 11) is 1.21. The van der Waals surface area contributed by atoms with Crippen molar-refractivity contribution < 1.29 is 37.6 Å². The topological polar surface area (TPSA) is 105 Å². The third-order valence-electron chi connectivity index (χ3n) is 7.04. The van der Waals surface area contributed by atoms with Crippen LogP contribution < -0.4 is 4.89 Å². The first-order valence-corrected chi connectivity index (χ1v) is 20.1. The molecule has 288 valence electrons. The smallest absolute Gasteiger partial charge is 0.305 e. The summed E-state index contributed by atoms with van der Waals surface area (Å²) in [6.45, 7) is 1.76. The number of quaternary nitrogens is 1. The van der Waals surface area contributed by atoms with Crippen molar-refractivity contribution in [2.24, 2.45) is 0 Å². The molecule has 0 bridgehead atoms. The van der Waals surface area contributed by atoms with E-state index < -0.39 is 26.5 Å². The average molecular weight is 730 g/mol. The van der Waals surface area contributed by atoms with Crippen molar-refractivity contribution in [2.45, 2.75) is 103 Å². The maximum absolute atomic E-state index is 11.9. The quantitative estimate of drug-likeness (QED) is 0.0242. The van der Waals surface area contributed by atoms with Crippen LogP contribution in [0.25, 0.3) is 0 Å².